The number of nitrogens with zero attached hydrogens (tertiary/aromatic N) is 3. The first-order chi connectivity index (χ1) is 11.6. The Morgan fingerprint density at radius 2 is 1.79 bits per heavy atom. The minimum atomic E-state index is -1.07. The van der Waals surface area contributed by atoms with Gasteiger partial charge in [0.2, 0.25) is 5.91 Å². The van der Waals surface area contributed by atoms with E-state index >= 15 is 0 Å². The molecule has 0 bridgehead atoms. The summed E-state index contributed by atoms with van der Waals surface area (Å²) in [5.41, 5.74) is 2.25. The lowest BCUT2D eigenvalue weighted by Crippen LogP contribution is -2.43. The highest BCUT2D eigenvalue weighted by Crippen LogP contribution is 2.09. The van der Waals surface area contributed by atoms with Crippen molar-refractivity contribution in [2.24, 2.45) is 0 Å². The number of benzene rings is 2. The van der Waals surface area contributed by atoms with Gasteiger partial charge in [-0.05, 0) is 17.7 Å². The van der Waals surface area contributed by atoms with Gasteiger partial charge < -0.3 is 10.4 Å². The van der Waals surface area contributed by atoms with E-state index in [1.165, 1.54) is 4.68 Å². The lowest BCUT2D eigenvalue weighted by Gasteiger charge is -2.14. The van der Waals surface area contributed by atoms with E-state index in [0.717, 1.165) is 11.1 Å². The van der Waals surface area contributed by atoms with Crippen LogP contribution in [0.15, 0.2) is 54.6 Å². The number of carboxylic acid groups (broad SMARTS) is 1. The van der Waals surface area contributed by atoms with Gasteiger partial charge in [0.15, 0.2) is 0 Å². The van der Waals surface area contributed by atoms with E-state index in [1.807, 2.05) is 42.5 Å². The van der Waals surface area contributed by atoms with Crippen molar-refractivity contribution in [3.63, 3.8) is 0 Å². The van der Waals surface area contributed by atoms with Gasteiger partial charge >= 0.3 is 5.97 Å². The van der Waals surface area contributed by atoms with Crippen LogP contribution in [-0.4, -0.2) is 38.0 Å². The van der Waals surface area contributed by atoms with Crippen LogP contribution in [0.1, 0.15) is 5.56 Å². The number of para-hydroxylation sites is 1. The van der Waals surface area contributed by atoms with Crippen molar-refractivity contribution >= 4 is 22.9 Å². The zero-order valence-electron chi connectivity index (χ0n) is 12.8. The normalized spacial score (nSPS) is 12.0. The fraction of sp³-hybridized carbons (Fsp3) is 0.176. The second-order valence-electron chi connectivity index (χ2n) is 5.38. The average molecular weight is 324 g/mol. The van der Waals surface area contributed by atoms with Crippen molar-refractivity contribution in [2.45, 2.75) is 19.0 Å². The molecule has 1 amide bonds. The Bertz CT molecular complexity index is 860. The van der Waals surface area contributed by atoms with Gasteiger partial charge in [0.25, 0.3) is 0 Å². The molecular weight excluding hydrogens is 308 g/mol. The average Bonchev–Trinajstić information content (AvgIpc) is 2.98. The van der Waals surface area contributed by atoms with Gasteiger partial charge in [-0.3, -0.25) is 4.79 Å². The molecule has 1 heterocycles. The molecule has 0 saturated heterocycles. The van der Waals surface area contributed by atoms with Crippen LogP contribution in [0.25, 0.3) is 11.0 Å². The van der Waals surface area contributed by atoms with Crippen molar-refractivity contribution in [1.82, 2.24) is 20.3 Å². The lowest BCUT2D eigenvalue weighted by molar-refractivity contribution is -0.141. The number of rotatable bonds is 6. The largest absolute Gasteiger partial charge is 0.480 e. The van der Waals surface area contributed by atoms with Crippen LogP contribution in [0.4, 0.5) is 0 Å². The van der Waals surface area contributed by atoms with E-state index < -0.39 is 17.9 Å². The van der Waals surface area contributed by atoms with Crippen LogP contribution in [-0.2, 0) is 22.6 Å². The van der Waals surface area contributed by atoms with Gasteiger partial charge in [-0.2, -0.15) is 0 Å². The standard InChI is InChI=1S/C17H16N4O3/c22-16(11-21-15-9-5-4-8-13(15)19-20-21)18-14(17(23)24)10-12-6-2-1-3-7-12/h1-9,14H,10-11H2,(H,18,22)(H,23,24)/t14-/m1/s1. The summed E-state index contributed by atoms with van der Waals surface area (Å²) in [6, 6.07) is 15.4. The number of aromatic nitrogens is 3. The van der Waals surface area contributed by atoms with E-state index in [9.17, 15) is 14.7 Å². The molecule has 0 saturated carbocycles. The third-order valence-electron chi connectivity index (χ3n) is 3.63. The summed E-state index contributed by atoms with van der Waals surface area (Å²) in [6.45, 7) is -0.0842. The Morgan fingerprint density at radius 1 is 1.08 bits per heavy atom. The van der Waals surface area contributed by atoms with E-state index in [0.29, 0.717) is 5.52 Å². The molecule has 2 N–H and O–H groups in total. The highest BCUT2D eigenvalue weighted by atomic mass is 16.4. The molecule has 7 heteroatoms. The molecule has 1 atom stereocenters. The molecule has 0 spiro atoms. The number of amides is 1. The molecule has 0 aliphatic carbocycles. The predicted molar refractivity (Wildman–Crippen MR) is 87.2 cm³/mol. The van der Waals surface area contributed by atoms with Gasteiger partial charge in [0, 0.05) is 6.42 Å². The quantitative estimate of drug-likeness (QED) is 0.711. The van der Waals surface area contributed by atoms with Crippen LogP contribution in [0.3, 0.4) is 0 Å². The van der Waals surface area contributed by atoms with Crippen LogP contribution in [0, 0.1) is 0 Å². The Labute approximate surface area is 137 Å². The molecule has 122 valence electrons. The first-order valence-electron chi connectivity index (χ1n) is 7.48. The van der Waals surface area contributed by atoms with Crippen LogP contribution in [0.5, 0.6) is 0 Å². The highest BCUT2D eigenvalue weighted by Gasteiger charge is 2.21. The summed E-state index contributed by atoms with van der Waals surface area (Å²) in [4.78, 5) is 23.6. The van der Waals surface area contributed by atoms with Crippen molar-refractivity contribution in [1.29, 1.82) is 0 Å². The van der Waals surface area contributed by atoms with E-state index in [2.05, 4.69) is 15.6 Å². The smallest absolute Gasteiger partial charge is 0.326 e. The molecule has 0 fully saturated rings. The number of hydrogen-bond donors (Lipinski definition) is 2. The maximum Gasteiger partial charge on any atom is 0.326 e. The molecule has 24 heavy (non-hydrogen) atoms. The zero-order valence-corrected chi connectivity index (χ0v) is 12.8. The second kappa shape index (κ2) is 6.91. The number of carboxylic acids is 1. The predicted octanol–water partition coefficient (Wildman–Crippen LogP) is 1.24. The summed E-state index contributed by atoms with van der Waals surface area (Å²) < 4.78 is 1.45. The second-order valence-corrected chi connectivity index (χ2v) is 5.38. The monoisotopic (exact) mass is 324 g/mol. The van der Waals surface area contributed by atoms with Crippen LogP contribution < -0.4 is 5.32 Å². The van der Waals surface area contributed by atoms with Crippen LogP contribution in [0.2, 0.25) is 0 Å². The molecule has 3 rings (SSSR count). The zero-order chi connectivity index (χ0) is 16.9. The summed E-state index contributed by atoms with van der Waals surface area (Å²) in [5.74, 6) is -1.50. The third kappa shape index (κ3) is 3.57. The molecule has 0 unspecified atom stereocenters. The minimum Gasteiger partial charge on any atom is -0.480 e. The molecule has 1 aromatic heterocycles. The van der Waals surface area contributed by atoms with Crippen molar-refractivity contribution in [3.05, 3.63) is 60.2 Å². The number of hydrogen-bond acceptors (Lipinski definition) is 4. The Hall–Kier alpha value is -3.22. The molecule has 0 aliphatic rings. The van der Waals surface area contributed by atoms with Gasteiger partial charge in [-0.1, -0.05) is 47.7 Å². The van der Waals surface area contributed by atoms with Crippen molar-refractivity contribution < 1.29 is 14.7 Å². The number of aliphatic carboxylic acids is 1. The van der Waals surface area contributed by atoms with Crippen LogP contribution >= 0.6 is 0 Å². The molecule has 0 radical (unpaired) electrons. The number of fused-ring (bicyclic) bond motifs is 1. The summed E-state index contributed by atoms with van der Waals surface area (Å²) in [5, 5.41) is 19.8. The lowest BCUT2D eigenvalue weighted by atomic mass is 10.1. The molecule has 7 nitrogen and oxygen atoms in total. The van der Waals surface area contributed by atoms with E-state index in [1.54, 1.807) is 12.1 Å². The fourth-order valence-electron chi connectivity index (χ4n) is 2.46. The SMILES string of the molecule is O=C(Cn1nnc2ccccc21)N[C@H](Cc1ccccc1)C(=O)O. The molecule has 3 aromatic rings. The highest BCUT2D eigenvalue weighted by molar-refractivity contribution is 5.84. The van der Waals surface area contributed by atoms with E-state index in [4.69, 9.17) is 0 Å². The van der Waals surface area contributed by atoms with Gasteiger partial charge in [-0.15, -0.1) is 5.10 Å². The number of carbonyl (C=O) groups is 2. The molecule has 2 aromatic carbocycles. The minimum absolute atomic E-state index is 0.0842. The maximum absolute atomic E-state index is 12.2. The topological polar surface area (TPSA) is 97.1 Å². The molecular formula is C17H16N4O3. The first kappa shape index (κ1) is 15.7. The Morgan fingerprint density at radius 3 is 2.54 bits per heavy atom. The Kier molecular flexibility index (Phi) is 4.51. The fourth-order valence-corrected chi connectivity index (χ4v) is 2.46. The van der Waals surface area contributed by atoms with Gasteiger partial charge in [-0.25, -0.2) is 9.48 Å². The molecule has 0 aliphatic heterocycles. The first-order valence-corrected chi connectivity index (χ1v) is 7.48. The van der Waals surface area contributed by atoms with E-state index in [-0.39, 0.29) is 13.0 Å². The summed E-state index contributed by atoms with van der Waals surface area (Å²) in [7, 11) is 0. The van der Waals surface area contributed by atoms with Crippen molar-refractivity contribution in [3.8, 4) is 0 Å². The van der Waals surface area contributed by atoms with Gasteiger partial charge in [0.05, 0.1) is 5.52 Å². The van der Waals surface area contributed by atoms with Crippen molar-refractivity contribution in [2.75, 3.05) is 0 Å². The number of carbonyl (C=O) groups excluding carboxylic acids is 1. The maximum atomic E-state index is 12.2. The summed E-state index contributed by atoms with van der Waals surface area (Å²) >= 11 is 0. The third-order valence-corrected chi connectivity index (χ3v) is 3.63. The van der Waals surface area contributed by atoms with Gasteiger partial charge in [0.1, 0.15) is 18.1 Å². The number of nitrogens with one attached hydrogen (secondary N) is 1. The summed E-state index contributed by atoms with van der Waals surface area (Å²) in [6.07, 6.45) is 0.222. The Balaban J connectivity index is 1.68.